The van der Waals surface area contributed by atoms with Crippen LogP contribution in [-0.2, 0) is 69.2 Å². The molecule has 1 aliphatic heterocycles. The number of fused-ring (bicyclic) bond motifs is 1. The number of phenolic OH excluding ortho intramolecular Hbond substituents is 1. The minimum atomic E-state index is -4.47. The smallest absolute Gasteiger partial charge is 0.326 e. The molecular weight excluding hydrogens is 1180 g/mol. The topological polar surface area (TPSA) is 502 Å². The van der Waals surface area contributed by atoms with Crippen molar-refractivity contribution in [1.82, 2.24) is 46.8 Å². The molecule has 488 valence electrons. The van der Waals surface area contributed by atoms with E-state index in [1.807, 2.05) is 0 Å². The van der Waals surface area contributed by atoms with Crippen LogP contribution >= 0.6 is 0 Å². The van der Waals surface area contributed by atoms with Crippen LogP contribution in [0.25, 0.3) is 10.8 Å². The fraction of sp³-hybridized carbons (Fsp3) is 0.509. The van der Waals surface area contributed by atoms with Crippen LogP contribution in [0.4, 0.5) is 5.69 Å². The number of nitrogens with two attached hydrogens (primary N) is 4. The number of sulfonamides is 1. The van der Waals surface area contributed by atoms with Gasteiger partial charge < -0.3 is 85.3 Å². The minimum absolute atomic E-state index is 0.00799. The number of aliphatic imine (C=N–C) groups is 1. The summed E-state index contributed by atoms with van der Waals surface area (Å²) < 4.78 is 30.5. The van der Waals surface area contributed by atoms with E-state index in [0.717, 1.165) is 0 Å². The first kappa shape index (κ1) is 72.3. The van der Waals surface area contributed by atoms with Gasteiger partial charge in [0.25, 0.3) is 0 Å². The van der Waals surface area contributed by atoms with E-state index >= 15 is 0 Å². The van der Waals surface area contributed by atoms with E-state index in [2.05, 4.69) is 46.9 Å². The number of guanidine groups is 1. The summed E-state index contributed by atoms with van der Waals surface area (Å²) in [6.45, 7) is 6.46. The number of carboxylic acids is 1. The predicted molar refractivity (Wildman–Crippen MR) is 325 cm³/mol. The van der Waals surface area contributed by atoms with Gasteiger partial charge in [0.15, 0.2) is 5.96 Å². The fourth-order valence-corrected chi connectivity index (χ4v) is 11.1. The molecule has 19 N–H and O–H groups in total. The van der Waals surface area contributed by atoms with Crippen LogP contribution in [0.15, 0.2) is 70.6 Å². The molecule has 0 aliphatic carbocycles. The van der Waals surface area contributed by atoms with Crippen molar-refractivity contribution in [3.05, 3.63) is 66.2 Å². The van der Waals surface area contributed by atoms with Gasteiger partial charge >= 0.3 is 5.97 Å². The number of likely N-dealkylation sites (tertiary alicyclic amines) is 1. The first-order valence-electron chi connectivity index (χ1n) is 28.6. The number of aliphatic carboxylic acids is 1. The Bertz CT molecular complexity index is 3210. The molecule has 9 atom stereocenters. The highest BCUT2D eigenvalue weighted by molar-refractivity contribution is 7.89. The van der Waals surface area contributed by atoms with Crippen molar-refractivity contribution >= 4 is 97.5 Å². The summed E-state index contributed by atoms with van der Waals surface area (Å²) in [5.41, 5.74) is 22.9. The van der Waals surface area contributed by atoms with Gasteiger partial charge in [-0.05, 0) is 80.7 Å². The molecule has 1 aliphatic rings. The van der Waals surface area contributed by atoms with Crippen molar-refractivity contribution in [2.75, 3.05) is 38.7 Å². The van der Waals surface area contributed by atoms with Crippen LogP contribution in [0.1, 0.15) is 85.1 Å². The highest BCUT2D eigenvalue weighted by Crippen LogP contribution is 2.31. The van der Waals surface area contributed by atoms with Gasteiger partial charge in [0.1, 0.15) is 60.1 Å². The third-order valence-corrected chi connectivity index (χ3v) is 15.9. The number of hydrogen-bond donors (Lipinski definition) is 15. The number of benzene rings is 3. The highest BCUT2D eigenvalue weighted by atomic mass is 32.2. The monoisotopic (exact) mass is 1270 g/mol. The maximum Gasteiger partial charge on any atom is 0.326 e. The average Bonchev–Trinajstić information content (AvgIpc) is 1.07. The maximum atomic E-state index is 14.6. The highest BCUT2D eigenvalue weighted by Gasteiger charge is 2.41. The first-order valence-corrected chi connectivity index (χ1v) is 30.1. The minimum Gasteiger partial charge on any atom is -0.508 e. The van der Waals surface area contributed by atoms with Crippen LogP contribution < -0.4 is 69.8 Å². The van der Waals surface area contributed by atoms with Gasteiger partial charge in [0, 0.05) is 56.5 Å². The lowest BCUT2D eigenvalue weighted by Crippen LogP contribution is -2.61. The van der Waals surface area contributed by atoms with Crippen molar-refractivity contribution in [3.63, 3.8) is 0 Å². The second kappa shape index (κ2) is 33.3. The van der Waals surface area contributed by atoms with Crippen LogP contribution in [0.3, 0.4) is 0 Å². The molecule has 32 heteroatoms. The number of hydrogen-bond acceptors (Lipinski definition) is 17. The summed E-state index contributed by atoms with van der Waals surface area (Å²) in [7, 11) is -0.900. The molecule has 1 fully saturated rings. The Labute approximate surface area is 514 Å². The number of nitrogens with zero attached hydrogens (tertiary/aromatic N) is 3. The SMILES string of the molecule is CC(NC(=O)C(CCCN=C(N)N)NS(=O)(=O)c1cccc2c(N(C)C)cccc12)C(=O)NC(CO)C(=O)NC(CCC(N)=O)C(=O)NC(CC(N)=O)C(=O)NC(Cc1ccc(O)cc1)C(=O)N1CCCC1C(=O)NC(C(=O)NC(C(=O)O)C(C)C)C(C)C. The number of aliphatic hydroxyl groups is 1. The van der Waals surface area contributed by atoms with Crippen LogP contribution in [-0.4, -0.2) is 188 Å². The number of carboxylic acid groups (broad SMARTS) is 1. The summed E-state index contributed by atoms with van der Waals surface area (Å²) >= 11 is 0. The molecule has 0 bridgehead atoms. The quantitative estimate of drug-likeness (QED) is 0.0157. The molecule has 0 aromatic heterocycles. The fourth-order valence-electron chi connectivity index (χ4n) is 9.65. The van der Waals surface area contributed by atoms with Gasteiger partial charge in [-0.2, -0.15) is 4.72 Å². The first-order chi connectivity index (χ1) is 41.8. The number of amides is 10. The zero-order valence-corrected chi connectivity index (χ0v) is 51.4. The summed E-state index contributed by atoms with van der Waals surface area (Å²) in [4.78, 5) is 155. The number of aliphatic hydroxyl groups excluding tert-OH is 1. The maximum absolute atomic E-state index is 14.6. The van der Waals surface area contributed by atoms with Gasteiger partial charge in [-0.1, -0.05) is 64.1 Å². The second-order valence-corrected chi connectivity index (χ2v) is 24.0. The lowest BCUT2D eigenvalue weighted by atomic mass is 9.99. The number of carbonyl (C=O) groups excluding carboxylic acids is 10. The molecule has 3 aromatic carbocycles. The van der Waals surface area contributed by atoms with Crippen molar-refractivity contribution < 1.29 is 76.5 Å². The van der Waals surface area contributed by atoms with E-state index < -0.39 is 167 Å². The van der Waals surface area contributed by atoms with E-state index in [9.17, 15) is 76.5 Å². The van der Waals surface area contributed by atoms with Crippen molar-refractivity contribution in [2.24, 2.45) is 39.8 Å². The Morgan fingerprint density at radius 3 is 1.81 bits per heavy atom. The Hall–Kier alpha value is -9.17. The van der Waals surface area contributed by atoms with Gasteiger partial charge in [-0.15, -0.1) is 0 Å². The van der Waals surface area contributed by atoms with Gasteiger partial charge in [-0.25, -0.2) is 13.2 Å². The lowest BCUT2D eigenvalue weighted by Gasteiger charge is -2.31. The average molecular weight is 1270 g/mol. The molecule has 1 saturated heterocycles. The van der Waals surface area contributed by atoms with E-state index in [-0.39, 0.29) is 61.8 Å². The summed E-state index contributed by atoms with van der Waals surface area (Å²) in [6, 6.07) is 1.24. The lowest BCUT2D eigenvalue weighted by molar-refractivity contribution is -0.144. The summed E-state index contributed by atoms with van der Waals surface area (Å²) in [5, 5.41) is 47.8. The number of primary amides is 2. The Morgan fingerprint density at radius 2 is 1.22 bits per heavy atom. The van der Waals surface area contributed by atoms with Crippen molar-refractivity contribution in [1.29, 1.82) is 0 Å². The number of aromatic hydroxyl groups is 1. The summed E-state index contributed by atoms with van der Waals surface area (Å²) in [6.07, 6.45) is -2.06. The van der Waals surface area contributed by atoms with Gasteiger partial charge in [-0.3, -0.25) is 52.9 Å². The van der Waals surface area contributed by atoms with Gasteiger partial charge in [0.05, 0.1) is 17.9 Å². The van der Waals surface area contributed by atoms with E-state index in [0.29, 0.717) is 22.0 Å². The number of nitrogens with one attached hydrogen (secondary N) is 8. The van der Waals surface area contributed by atoms with E-state index in [4.69, 9.17) is 22.9 Å². The predicted octanol–water partition coefficient (Wildman–Crippen LogP) is -3.51. The zero-order valence-electron chi connectivity index (χ0n) is 50.6. The molecule has 0 spiro atoms. The normalized spacial score (nSPS) is 15.8. The van der Waals surface area contributed by atoms with Crippen molar-refractivity contribution in [2.45, 2.75) is 145 Å². The van der Waals surface area contributed by atoms with E-state index in [1.165, 1.54) is 48.2 Å². The number of carbonyl (C=O) groups is 11. The van der Waals surface area contributed by atoms with Crippen LogP contribution in [0.5, 0.6) is 5.75 Å². The number of anilines is 1. The molecule has 3 aromatic rings. The number of phenols is 1. The second-order valence-electron chi connectivity index (χ2n) is 22.3. The molecule has 89 heavy (non-hydrogen) atoms. The molecule has 4 rings (SSSR count). The van der Waals surface area contributed by atoms with Gasteiger partial charge in [0.2, 0.25) is 69.1 Å². The zero-order chi connectivity index (χ0) is 66.6. The Kier molecular flexibility index (Phi) is 27.0. The van der Waals surface area contributed by atoms with Crippen LogP contribution in [0, 0.1) is 11.8 Å². The van der Waals surface area contributed by atoms with E-state index in [1.54, 1.807) is 71.0 Å². The Balaban J connectivity index is 1.54. The molecule has 9 unspecified atom stereocenters. The molecule has 10 amide bonds. The molecule has 31 nitrogen and oxygen atoms in total. The molecule has 0 radical (unpaired) electrons. The molecule has 1 heterocycles. The number of rotatable bonds is 34. The van der Waals surface area contributed by atoms with Crippen molar-refractivity contribution in [3.8, 4) is 5.75 Å². The largest absolute Gasteiger partial charge is 0.508 e. The third kappa shape index (κ3) is 21.3. The van der Waals surface area contributed by atoms with Crippen LogP contribution in [0.2, 0.25) is 0 Å². The standard InChI is InChI=1S/C57H83N15O16S/c1-29(2)46(54(83)69-47(30(3)4)56(85)86)68-53(82)42-16-11-25-72(42)55(84)39(26-32-18-20-33(74)21-19-32)66-51(80)38(27-45(59)76)65-49(78)36(22-23-44(58)75)64-52(81)40(28-73)67-48(77)31(5)63-50(79)37(14-10-24-62-57(60)61)70-89(87,88)43-17-9-12-34-35(43)13-8-15-41(34)71(6)7/h8-9,12-13,15,17-21,29-31,36-40,42,46-47,70,73-74H,10-11,14,16,22-28H2,1-7H3,(H2,58,75)(H2,59,76)(H,63,79)(H,64,81)(H,65,78)(H,66,80)(H,67,77)(H,68,82)(H,69,83)(H,85,86)(H4,60,61,62). The molecular formula is C57H83N15O16S. The Morgan fingerprint density at radius 1 is 0.652 bits per heavy atom. The third-order valence-electron chi connectivity index (χ3n) is 14.4. The summed E-state index contributed by atoms with van der Waals surface area (Å²) in [5.74, 6) is -13.0. The molecule has 0 saturated carbocycles.